The lowest BCUT2D eigenvalue weighted by molar-refractivity contribution is 0.534. The van der Waals surface area contributed by atoms with Gasteiger partial charge in [-0.25, -0.2) is 0 Å². The average Bonchev–Trinajstić information content (AvgIpc) is 2.71. The van der Waals surface area contributed by atoms with Crippen molar-refractivity contribution in [1.29, 1.82) is 0 Å². The standard InChI is InChI=1S/C10H12BrN3S/c1-6(2)14-5-7(12)10(13-14)8-3-4-9(11)15-8/h3-6H,12H2,1-2H3. The van der Waals surface area contributed by atoms with Gasteiger partial charge in [0.25, 0.3) is 0 Å². The van der Waals surface area contributed by atoms with Crippen molar-refractivity contribution in [2.75, 3.05) is 5.73 Å². The monoisotopic (exact) mass is 285 g/mol. The minimum atomic E-state index is 0.337. The third-order valence-electron chi connectivity index (χ3n) is 2.10. The van der Waals surface area contributed by atoms with Gasteiger partial charge in [0.15, 0.2) is 0 Å². The van der Waals surface area contributed by atoms with E-state index in [1.165, 1.54) is 0 Å². The SMILES string of the molecule is CC(C)n1cc(N)c(-c2ccc(Br)s2)n1. The minimum absolute atomic E-state index is 0.337. The summed E-state index contributed by atoms with van der Waals surface area (Å²) in [6.07, 6.45) is 1.88. The van der Waals surface area contributed by atoms with Crippen LogP contribution in [0, 0.1) is 0 Å². The summed E-state index contributed by atoms with van der Waals surface area (Å²) in [5.74, 6) is 0. The average molecular weight is 286 g/mol. The molecule has 0 aliphatic rings. The molecule has 0 saturated heterocycles. The van der Waals surface area contributed by atoms with Gasteiger partial charge in [0.05, 0.1) is 14.4 Å². The lowest BCUT2D eigenvalue weighted by Crippen LogP contribution is -2.00. The largest absolute Gasteiger partial charge is 0.396 e. The number of nitrogens with two attached hydrogens (primary N) is 1. The molecule has 0 spiro atoms. The van der Waals surface area contributed by atoms with Crippen LogP contribution in [0.3, 0.4) is 0 Å². The molecule has 2 rings (SSSR count). The van der Waals surface area contributed by atoms with Crippen molar-refractivity contribution < 1.29 is 0 Å². The Bertz CT molecular complexity index is 473. The molecule has 2 aromatic rings. The zero-order valence-corrected chi connectivity index (χ0v) is 11.0. The van der Waals surface area contributed by atoms with E-state index < -0.39 is 0 Å². The molecule has 3 nitrogen and oxygen atoms in total. The molecule has 80 valence electrons. The van der Waals surface area contributed by atoms with Gasteiger partial charge < -0.3 is 5.73 Å². The topological polar surface area (TPSA) is 43.8 Å². The van der Waals surface area contributed by atoms with Gasteiger partial charge in [0.1, 0.15) is 5.69 Å². The second-order valence-corrected chi connectivity index (χ2v) is 6.07. The number of anilines is 1. The first-order valence-electron chi connectivity index (χ1n) is 4.68. The highest BCUT2D eigenvalue weighted by molar-refractivity contribution is 9.11. The summed E-state index contributed by atoms with van der Waals surface area (Å²) in [4.78, 5) is 1.10. The lowest BCUT2D eigenvalue weighted by atomic mass is 10.3. The first-order chi connectivity index (χ1) is 7.08. The van der Waals surface area contributed by atoms with Crippen molar-refractivity contribution >= 4 is 33.0 Å². The van der Waals surface area contributed by atoms with Gasteiger partial charge in [-0.15, -0.1) is 11.3 Å². The van der Waals surface area contributed by atoms with Crippen LogP contribution < -0.4 is 5.73 Å². The van der Waals surface area contributed by atoms with Crippen LogP contribution in [0.1, 0.15) is 19.9 Å². The fourth-order valence-electron chi connectivity index (χ4n) is 1.30. The van der Waals surface area contributed by atoms with Crippen LogP contribution in [0.4, 0.5) is 5.69 Å². The molecule has 0 amide bonds. The van der Waals surface area contributed by atoms with Crippen LogP contribution in [-0.4, -0.2) is 9.78 Å². The molecule has 2 aromatic heterocycles. The summed E-state index contributed by atoms with van der Waals surface area (Å²) >= 11 is 5.07. The van der Waals surface area contributed by atoms with E-state index in [0.717, 1.165) is 20.0 Å². The van der Waals surface area contributed by atoms with Gasteiger partial charge in [-0.05, 0) is 41.9 Å². The number of thiophene rings is 1. The van der Waals surface area contributed by atoms with Crippen molar-refractivity contribution in [3.63, 3.8) is 0 Å². The maximum atomic E-state index is 5.93. The highest BCUT2D eigenvalue weighted by atomic mass is 79.9. The fourth-order valence-corrected chi connectivity index (χ4v) is 2.70. The first-order valence-corrected chi connectivity index (χ1v) is 6.29. The van der Waals surface area contributed by atoms with Crippen molar-refractivity contribution in [3.05, 3.63) is 22.1 Å². The van der Waals surface area contributed by atoms with Crippen LogP contribution in [0.5, 0.6) is 0 Å². The highest BCUT2D eigenvalue weighted by Crippen LogP contribution is 2.33. The summed E-state index contributed by atoms with van der Waals surface area (Å²) in [5, 5.41) is 4.47. The maximum absolute atomic E-state index is 5.93. The minimum Gasteiger partial charge on any atom is -0.396 e. The lowest BCUT2D eigenvalue weighted by Gasteiger charge is -2.02. The van der Waals surface area contributed by atoms with E-state index in [-0.39, 0.29) is 0 Å². The fraction of sp³-hybridized carbons (Fsp3) is 0.300. The van der Waals surface area contributed by atoms with E-state index in [4.69, 9.17) is 5.73 Å². The number of hydrogen-bond donors (Lipinski definition) is 1. The molecule has 0 aliphatic heterocycles. The Kier molecular flexibility index (Phi) is 2.84. The number of nitrogens with zero attached hydrogens (tertiary/aromatic N) is 2. The van der Waals surface area contributed by atoms with Crippen LogP contribution in [0.2, 0.25) is 0 Å². The van der Waals surface area contributed by atoms with Gasteiger partial charge in [0, 0.05) is 12.2 Å². The number of hydrogen-bond acceptors (Lipinski definition) is 3. The van der Waals surface area contributed by atoms with Crippen molar-refractivity contribution in [3.8, 4) is 10.6 Å². The maximum Gasteiger partial charge on any atom is 0.125 e. The van der Waals surface area contributed by atoms with Crippen molar-refractivity contribution in [2.45, 2.75) is 19.9 Å². The number of rotatable bonds is 2. The molecule has 5 heteroatoms. The Labute approximate surface area is 101 Å². The molecule has 0 saturated carbocycles. The van der Waals surface area contributed by atoms with E-state index in [1.807, 2.05) is 23.0 Å². The molecule has 2 N–H and O–H groups in total. The van der Waals surface area contributed by atoms with E-state index in [9.17, 15) is 0 Å². The summed E-state index contributed by atoms with van der Waals surface area (Å²) < 4.78 is 2.98. The van der Waals surface area contributed by atoms with Gasteiger partial charge >= 0.3 is 0 Å². The van der Waals surface area contributed by atoms with Gasteiger partial charge in [-0.2, -0.15) is 5.10 Å². The van der Waals surface area contributed by atoms with Crippen LogP contribution in [0.15, 0.2) is 22.1 Å². The first kappa shape index (κ1) is 10.7. The summed E-state index contributed by atoms with van der Waals surface area (Å²) in [6.45, 7) is 4.17. The Morgan fingerprint density at radius 2 is 2.20 bits per heavy atom. The van der Waals surface area contributed by atoms with Gasteiger partial charge in [-0.3, -0.25) is 4.68 Å². The van der Waals surface area contributed by atoms with E-state index in [0.29, 0.717) is 6.04 Å². The quantitative estimate of drug-likeness (QED) is 0.917. The summed E-state index contributed by atoms with van der Waals surface area (Å²) in [6, 6.07) is 4.37. The van der Waals surface area contributed by atoms with Crippen LogP contribution in [0.25, 0.3) is 10.6 Å². The zero-order valence-electron chi connectivity index (χ0n) is 8.57. The van der Waals surface area contributed by atoms with Crippen LogP contribution in [-0.2, 0) is 0 Å². The third kappa shape index (κ3) is 2.08. The van der Waals surface area contributed by atoms with E-state index in [1.54, 1.807) is 11.3 Å². The van der Waals surface area contributed by atoms with Crippen LogP contribution >= 0.6 is 27.3 Å². The zero-order chi connectivity index (χ0) is 11.0. The molecule has 0 aromatic carbocycles. The highest BCUT2D eigenvalue weighted by Gasteiger charge is 2.11. The van der Waals surface area contributed by atoms with E-state index >= 15 is 0 Å². The second-order valence-electron chi connectivity index (χ2n) is 3.61. The van der Waals surface area contributed by atoms with Crippen molar-refractivity contribution in [1.82, 2.24) is 9.78 Å². The summed E-state index contributed by atoms with van der Waals surface area (Å²) in [7, 11) is 0. The number of nitrogen functional groups attached to an aromatic ring is 1. The molecule has 15 heavy (non-hydrogen) atoms. The molecule has 0 unspecified atom stereocenters. The Hall–Kier alpha value is -0.810. The molecule has 0 bridgehead atoms. The molecule has 0 radical (unpaired) electrons. The second kappa shape index (κ2) is 3.98. The Balaban J connectivity index is 2.44. The normalized spacial score (nSPS) is 11.2. The predicted octanol–water partition coefficient (Wildman–Crippen LogP) is 3.54. The molecule has 0 fully saturated rings. The Morgan fingerprint density at radius 3 is 2.67 bits per heavy atom. The van der Waals surface area contributed by atoms with E-state index in [2.05, 4.69) is 34.9 Å². The predicted molar refractivity (Wildman–Crippen MR) is 68.0 cm³/mol. The summed E-state index contributed by atoms with van der Waals surface area (Å²) in [5.41, 5.74) is 7.54. The van der Waals surface area contributed by atoms with Gasteiger partial charge in [-0.1, -0.05) is 0 Å². The molecule has 0 aliphatic carbocycles. The number of aromatic nitrogens is 2. The molecule has 0 atom stereocenters. The van der Waals surface area contributed by atoms with Crippen molar-refractivity contribution in [2.24, 2.45) is 0 Å². The molecular formula is C10H12BrN3S. The third-order valence-corrected chi connectivity index (χ3v) is 3.73. The molecular weight excluding hydrogens is 274 g/mol. The molecule has 2 heterocycles. The smallest absolute Gasteiger partial charge is 0.125 e. The number of halogens is 1. The van der Waals surface area contributed by atoms with Gasteiger partial charge in [0.2, 0.25) is 0 Å². The Morgan fingerprint density at radius 1 is 1.47 bits per heavy atom.